The van der Waals surface area contributed by atoms with Gasteiger partial charge in [0.2, 0.25) is 5.95 Å². The van der Waals surface area contributed by atoms with E-state index in [-0.39, 0.29) is 0 Å². The van der Waals surface area contributed by atoms with E-state index in [0.29, 0.717) is 5.92 Å². The van der Waals surface area contributed by atoms with Crippen LogP contribution in [-0.4, -0.2) is 36.1 Å². The number of nitrogens with zero attached hydrogens (tertiary/aromatic N) is 3. The van der Waals surface area contributed by atoms with Crippen molar-refractivity contribution in [2.45, 2.75) is 38.5 Å². The van der Waals surface area contributed by atoms with Crippen LogP contribution >= 0.6 is 0 Å². The Labute approximate surface area is 115 Å². The maximum absolute atomic E-state index is 4.60. The van der Waals surface area contributed by atoms with Gasteiger partial charge in [-0.15, -0.1) is 0 Å². The summed E-state index contributed by atoms with van der Waals surface area (Å²) in [4.78, 5) is 11.5. The summed E-state index contributed by atoms with van der Waals surface area (Å²) < 4.78 is 0. The fourth-order valence-corrected chi connectivity index (χ4v) is 3.07. The zero-order chi connectivity index (χ0) is 13.1. The molecule has 3 heterocycles. The van der Waals surface area contributed by atoms with Gasteiger partial charge in [0.25, 0.3) is 0 Å². The molecule has 1 aromatic heterocycles. The molecule has 4 nitrogen and oxygen atoms in total. The minimum Gasteiger partial charge on any atom is -0.341 e. The molecule has 0 spiro atoms. The molecule has 19 heavy (non-hydrogen) atoms. The van der Waals surface area contributed by atoms with Crippen LogP contribution in [0.15, 0.2) is 12.4 Å². The molecule has 0 atom stereocenters. The summed E-state index contributed by atoms with van der Waals surface area (Å²) in [6.07, 6.45) is 9.05. The van der Waals surface area contributed by atoms with Gasteiger partial charge in [-0.1, -0.05) is 6.92 Å². The monoisotopic (exact) mass is 260 g/mol. The van der Waals surface area contributed by atoms with Gasteiger partial charge in [0.05, 0.1) is 0 Å². The SMILES string of the molecule is CC1CCN(c2ncc(C3CCNCC3)cn2)CC1. The molecule has 2 aliphatic rings. The Morgan fingerprint density at radius 1 is 1.05 bits per heavy atom. The summed E-state index contributed by atoms with van der Waals surface area (Å²) >= 11 is 0. The van der Waals surface area contributed by atoms with E-state index in [4.69, 9.17) is 0 Å². The second-order valence-electron chi connectivity index (χ2n) is 6.01. The summed E-state index contributed by atoms with van der Waals surface area (Å²) in [5.41, 5.74) is 1.32. The molecular formula is C15H24N4. The highest BCUT2D eigenvalue weighted by Crippen LogP contribution is 2.25. The molecular weight excluding hydrogens is 236 g/mol. The molecule has 0 radical (unpaired) electrons. The zero-order valence-electron chi connectivity index (χ0n) is 11.8. The second kappa shape index (κ2) is 5.87. The van der Waals surface area contributed by atoms with E-state index in [9.17, 15) is 0 Å². The van der Waals surface area contributed by atoms with Crippen molar-refractivity contribution in [2.75, 3.05) is 31.1 Å². The Bertz CT molecular complexity index is 389. The fraction of sp³-hybridized carbons (Fsp3) is 0.733. The van der Waals surface area contributed by atoms with Crippen molar-refractivity contribution in [1.29, 1.82) is 0 Å². The number of rotatable bonds is 2. The van der Waals surface area contributed by atoms with Crippen molar-refractivity contribution in [3.63, 3.8) is 0 Å². The third kappa shape index (κ3) is 3.06. The topological polar surface area (TPSA) is 41.1 Å². The Hall–Kier alpha value is -1.16. The highest BCUT2D eigenvalue weighted by Gasteiger charge is 2.19. The van der Waals surface area contributed by atoms with E-state index in [1.54, 1.807) is 0 Å². The van der Waals surface area contributed by atoms with E-state index in [1.807, 2.05) is 0 Å². The average molecular weight is 260 g/mol. The molecule has 0 bridgehead atoms. The smallest absolute Gasteiger partial charge is 0.225 e. The molecule has 0 unspecified atom stereocenters. The molecule has 1 N–H and O–H groups in total. The maximum atomic E-state index is 4.60. The third-order valence-corrected chi connectivity index (χ3v) is 4.54. The summed E-state index contributed by atoms with van der Waals surface area (Å²) in [7, 11) is 0. The molecule has 0 aliphatic carbocycles. The predicted octanol–water partition coefficient (Wildman–Crippen LogP) is 2.18. The molecule has 4 heteroatoms. The summed E-state index contributed by atoms with van der Waals surface area (Å²) in [5.74, 6) is 2.42. The average Bonchev–Trinajstić information content (AvgIpc) is 2.49. The standard InChI is InChI=1S/C15H24N4/c1-12-4-8-19(9-5-12)15-17-10-14(11-18-15)13-2-6-16-7-3-13/h10-13,16H,2-9H2,1H3. The highest BCUT2D eigenvalue weighted by atomic mass is 15.2. The molecule has 0 aromatic carbocycles. The van der Waals surface area contributed by atoms with Gasteiger partial charge in [-0.25, -0.2) is 9.97 Å². The first-order valence-corrected chi connectivity index (χ1v) is 7.60. The van der Waals surface area contributed by atoms with Crippen LogP contribution in [0.5, 0.6) is 0 Å². The normalized spacial score (nSPS) is 22.7. The van der Waals surface area contributed by atoms with Crippen LogP contribution in [0, 0.1) is 5.92 Å². The first-order chi connectivity index (χ1) is 9.33. The van der Waals surface area contributed by atoms with E-state index < -0.39 is 0 Å². The van der Waals surface area contributed by atoms with E-state index >= 15 is 0 Å². The number of hydrogen-bond acceptors (Lipinski definition) is 4. The van der Waals surface area contributed by atoms with Gasteiger partial charge < -0.3 is 10.2 Å². The molecule has 1 aromatic rings. The van der Waals surface area contributed by atoms with Crippen molar-refractivity contribution in [1.82, 2.24) is 15.3 Å². The molecule has 2 saturated heterocycles. The van der Waals surface area contributed by atoms with Crippen molar-refractivity contribution in [3.05, 3.63) is 18.0 Å². The predicted molar refractivity (Wildman–Crippen MR) is 77.5 cm³/mol. The lowest BCUT2D eigenvalue weighted by Crippen LogP contribution is -2.34. The number of piperidine rings is 2. The van der Waals surface area contributed by atoms with Crippen LogP contribution in [0.1, 0.15) is 44.1 Å². The summed E-state index contributed by atoms with van der Waals surface area (Å²) in [5, 5.41) is 3.40. The lowest BCUT2D eigenvalue weighted by molar-refractivity contribution is 0.433. The number of anilines is 1. The van der Waals surface area contributed by atoms with Gasteiger partial charge in [-0.2, -0.15) is 0 Å². The van der Waals surface area contributed by atoms with Crippen molar-refractivity contribution >= 4 is 5.95 Å². The van der Waals surface area contributed by atoms with Gasteiger partial charge in [0, 0.05) is 25.5 Å². The maximum Gasteiger partial charge on any atom is 0.225 e. The van der Waals surface area contributed by atoms with Crippen molar-refractivity contribution in [2.24, 2.45) is 5.92 Å². The largest absolute Gasteiger partial charge is 0.341 e. The van der Waals surface area contributed by atoms with E-state index in [0.717, 1.165) is 38.0 Å². The number of nitrogens with one attached hydrogen (secondary N) is 1. The van der Waals surface area contributed by atoms with Gasteiger partial charge in [-0.05, 0) is 56.2 Å². The minimum atomic E-state index is 0.650. The van der Waals surface area contributed by atoms with Crippen LogP contribution in [0.4, 0.5) is 5.95 Å². The van der Waals surface area contributed by atoms with E-state index in [1.165, 1.54) is 31.2 Å². The summed E-state index contributed by atoms with van der Waals surface area (Å²) in [6.45, 7) is 6.78. The van der Waals surface area contributed by atoms with Crippen LogP contribution in [0.3, 0.4) is 0 Å². The quantitative estimate of drug-likeness (QED) is 0.885. The van der Waals surface area contributed by atoms with Gasteiger partial charge in [0.15, 0.2) is 0 Å². The van der Waals surface area contributed by atoms with Crippen LogP contribution in [0.25, 0.3) is 0 Å². The van der Waals surface area contributed by atoms with Gasteiger partial charge in [-0.3, -0.25) is 0 Å². The van der Waals surface area contributed by atoms with Crippen LogP contribution < -0.4 is 10.2 Å². The van der Waals surface area contributed by atoms with Crippen LogP contribution in [0.2, 0.25) is 0 Å². The van der Waals surface area contributed by atoms with Crippen molar-refractivity contribution < 1.29 is 0 Å². The number of hydrogen-bond donors (Lipinski definition) is 1. The molecule has 3 rings (SSSR count). The van der Waals surface area contributed by atoms with Crippen LogP contribution in [-0.2, 0) is 0 Å². The summed E-state index contributed by atoms with van der Waals surface area (Å²) in [6, 6.07) is 0. The molecule has 2 aliphatic heterocycles. The zero-order valence-corrected chi connectivity index (χ0v) is 11.8. The third-order valence-electron chi connectivity index (χ3n) is 4.54. The second-order valence-corrected chi connectivity index (χ2v) is 6.01. The highest BCUT2D eigenvalue weighted by molar-refractivity contribution is 5.31. The van der Waals surface area contributed by atoms with Gasteiger partial charge in [0.1, 0.15) is 0 Å². The van der Waals surface area contributed by atoms with Crippen molar-refractivity contribution in [3.8, 4) is 0 Å². The van der Waals surface area contributed by atoms with Gasteiger partial charge >= 0.3 is 0 Å². The molecule has 0 saturated carbocycles. The first-order valence-electron chi connectivity index (χ1n) is 7.60. The lowest BCUT2D eigenvalue weighted by atomic mass is 9.92. The molecule has 104 valence electrons. The molecule has 0 amide bonds. The Kier molecular flexibility index (Phi) is 3.97. The minimum absolute atomic E-state index is 0.650. The van der Waals surface area contributed by atoms with E-state index in [2.05, 4.69) is 39.5 Å². The fourth-order valence-electron chi connectivity index (χ4n) is 3.07. The Morgan fingerprint density at radius 3 is 2.32 bits per heavy atom. The Morgan fingerprint density at radius 2 is 1.68 bits per heavy atom. The first kappa shape index (κ1) is 12.9. The lowest BCUT2D eigenvalue weighted by Gasteiger charge is -2.30. The number of aromatic nitrogens is 2. The molecule has 2 fully saturated rings. The Balaban J connectivity index is 1.65.